The fourth-order valence-corrected chi connectivity index (χ4v) is 2.01. The van der Waals surface area contributed by atoms with Crippen LogP contribution in [0.25, 0.3) is 0 Å². The van der Waals surface area contributed by atoms with Crippen LogP contribution in [0.5, 0.6) is 0 Å². The molecule has 0 amide bonds. The summed E-state index contributed by atoms with van der Waals surface area (Å²) in [4.78, 5) is 10.8. The first-order chi connectivity index (χ1) is 6.20. The molecule has 14 heavy (non-hydrogen) atoms. The second-order valence-corrected chi connectivity index (χ2v) is 4.36. The van der Waals surface area contributed by atoms with Crippen molar-refractivity contribution >= 4 is 5.97 Å². The smallest absolute Gasteiger partial charge is 0.392 e. The molecule has 1 fully saturated rings. The van der Waals surface area contributed by atoms with Crippen molar-refractivity contribution in [2.45, 2.75) is 32.9 Å². The number of hydrogen-bond acceptors (Lipinski definition) is 1. The topological polar surface area (TPSA) is 37.3 Å². The molecule has 0 aromatic carbocycles. The average molecular weight is 210 g/mol. The predicted molar refractivity (Wildman–Crippen MR) is 43.7 cm³/mol. The highest BCUT2D eigenvalue weighted by Crippen LogP contribution is 2.63. The van der Waals surface area contributed by atoms with Crippen LogP contribution in [-0.4, -0.2) is 17.3 Å². The van der Waals surface area contributed by atoms with Gasteiger partial charge in [-0.05, 0) is 18.8 Å². The van der Waals surface area contributed by atoms with Crippen molar-refractivity contribution in [2.24, 2.45) is 17.3 Å². The van der Waals surface area contributed by atoms with Gasteiger partial charge in [0.1, 0.15) is 0 Å². The van der Waals surface area contributed by atoms with Crippen LogP contribution in [-0.2, 0) is 4.79 Å². The maximum Gasteiger partial charge on any atom is 0.392 e. The van der Waals surface area contributed by atoms with E-state index in [1.54, 1.807) is 13.8 Å². The molecule has 2 atom stereocenters. The Morgan fingerprint density at radius 1 is 1.57 bits per heavy atom. The van der Waals surface area contributed by atoms with Crippen LogP contribution >= 0.6 is 0 Å². The van der Waals surface area contributed by atoms with Crippen molar-refractivity contribution in [3.63, 3.8) is 0 Å². The number of aliphatic carboxylic acids is 1. The minimum absolute atomic E-state index is 0.0292. The molecule has 1 aliphatic rings. The molecule has 0 spiro atoms. The van der Waals surface area contributed by atoms with Gasteiger partial charge in [-0.3, -0.25) is 4.79 Å². The van der Waals surface area contributed by atoms with Gasteiger partial charge >= 0.3 is 12.1 Å². The molecule has 82 valence electrons. The second-order valence-electron chi connectivity index (χ2n) is 4.36. The molecule has 0 bridgehead atoms. The fraction of sp³-hybridized carbons (Fsp3) is 0.889. The largest absolute Gasteiger partial charge is 0.481 e. The van der Waals surface area contributed by atoms with E-state index in [0.717, 1.165) is 0 Å². The first kappa shape index (κ1) is 11.3. The Bertz CT molecular complexity index is 247. The molecular formula is C9H13F3O2. The summed E-state index contributed by atoms with van der Waals surface area (Å²) in [5, 5.41) is 8.79. The molecule has 0 aliphatic heterocycles. The van der Waals surface area contributed by atoms with Gasteiger partial charge in [0, 0.05) is 0 Å². The first-order valence-corrected chi connectivity index (χ1v) is 4.50. The van der Waals surface area contributed by atoms with E-state index in [4.69, 9.17) is 5.11 Å². The minimum atomic E-state index is -4.37. The Kier molecular flexibility index (Phi) is 2.54. The van der Waals surface area contributed by atoms with Crippen LogP contribution in [0.15, 0.2) is 0 Å². The number of carboxylic acid groups (broad SMARTS) is 1. The maximum atomic E-state index is 12.3. The molecule has 0 radical (unpaired) electrons. The number of halogens is 3. The molecule has 0 saturated heterocycles. The summed E-state index contributed by atoms with van der Waals surface area (Å²) in [5.41, 5.74) is -1.54. The zero-order valence-corrected chi connectivity index (χ0v) is 8.06. The minimum Gasteiger partial charge on any atom is -0.481 e. The lowest BCUT2D eigenvalue weighted by Crippen LogP contribution is -2.26. The lowest BCUT2D eigenvalue weighted by Gasteiger charge is -2.16. The van der Waals surface area contributed by atoms with E-state index in [-0.39, 0.29) is 18.8 Å². The molecule has 2 unspecified atom stereocenters. The fourth-order valence-electron chi connectivity index (χ4n) is 2.01. The summed E-state index contributed by atoms with van der Waals surface area (Å²) < 4.78 is 36.8. The van der Waals surface area contributed by atoms with E-state index in [9.17, 15) is 18.0 Å². The highest BCUT2D eigenvalue weighted by atomic mass is 19.4. The third-order valence-corrected chi connectivity index (χ3v) is 2.67. The zero-order chi connectivity index (χ0) is 11.1. The second kappa shape index (κ2) is 3.14. The molecule has 1 rings (SSSR count). The Hall–Kier alpha value is -0.740. The van der Waals surface area contributed by atoms with E-state index >= 15 is 0 Å². The summed E-state index contributed by atoms with van der Waals surface area (Å²) in [7, 11) is 0. The third kappa shape index (κ3) is 1.86. The highest BCUT2D eigenvalue weighted by molar-refractivity contribution is 5.78. The molecule has 1 saturated carbocycles. The summed E-state index contributed by atoms with van der Waals surface area (Å²) >= 11 is 0. The van der Waals surface area contributed by atoms with E-state index in [0.29, 0.717) is 0 Å². The van der Waals surface area contributed by atoms with E-state index in [2.05, 4.69) is 0 Å². The predicted octanol–water partition coefficient (Wildman–Crippen LogP) is 2.69. The number of carbonyl (C=O) groups is 1. The first-order valence-electron chi connectivity index (χ1n) is 4.50. The molecular weight excluding hydrogens is 197 g/mol. The normalized spacial score (nSPS) is 32.0. The number of hydrogen-bond donors (Lipinski definition) is 1. The third-order valence-electron chi connectivity index (χ3n) is 2.67. The van der Waals surface area contributed by atoms with Crippen LogP contribution in [0, 0.1) is 17.3 Å². The van der Waals surface area contributed by atoms with Gasteiger partial charge in [0.05, 0.1) is 11.3 Å². The quantitative estimate of drug-likeness (QED) is 0.777. The van der Waals surface area contributed by atoms with Crippen LogP contribution in [0.3, 0.4) is 0 Å². The molecule has 0 aromatic heterocycles. The summed E-state index contributed by atoms with van der Waals surface area (Å²) in [6.45, 7) is 3.47. The van der Waals surface area contributed by atoms with E-state index in [1.165, 1.54) is 0 Å². The summed E-state index contributed by atoms with van der Waals surface area (Å²) in [5.74, 6) is -2.98. The SMILES string of the molecule is CC(C)CC1(C(=O)O)CC1C(F)(F)F. The van der Waals surface area contributed by atoms with Crippen molar-refractivity contribution in [2.75, 3.05) is 0 Å². The van der Waals surface area contributed by atoms with Crippen LogP contribution < -0.4 is 0 Å². The Morgan fingerprint density at radius 3 is 2.29 bits per heavy atom. The van der Waals surface area contributed by atoms with Gasteiger partial charge in [-0.2, -0.15) is 13.2 Å². The van der Waals surface area contributed by atoms with Gasteiger partial charge in [0.2, 0.25) is 0 Å². The lowest BCUT2D eigenvalue weighted by molar-refractivity contribution is -0.169. The van der Waals surface area contributed by atoms with Gasteiger partial charge in [0.25, 0.3) is 0 Å². The Morgan fingerprint density at radius 2 is 2.07 bits per heavy atom. The van der Waals surface area contributed by atoms with Gasteiger partial charge < -0.3 is 5.11 Å². The molecule has 2 nitrogen and oxygen atoms in total. The lowest BCUT2D eigenvalue weighted by atomic mass is 9.92. The monoisotopic (exact) mass is 210 g/mol. The van der Waals surface area contributed by atoms with Crippen molar-refractivity contribution in [3.8, 4) is 0 Å². The Balaban J connectivity index is 2.76. The van der Waals surface area contributed by atoms with Crippen LogP contribution in [0.2, 0.25) is 0 Å². The maximum absolute atomic E-state index is 12.3. The van der Waals surface area contributed by atoms with E-state index in [1.807, 2.05) is 0 Å². The average Bonchev–Trinajstić information content (AvgIpc) is 2.61. The van der Waals surface area contributed by atoms with Crippen molar-refractivity contribution in [1.82, 2.24) is 0 Å². The van der Waals surface area contributed by atoms with Crippen molar-refractivity contribution < 1.29 is 23.1 Å². The van der Waals surface area contributed by atoms with Gasteiger partial charge in [-0.25, -0.2) is 0 Å². The van der Waals surface area contributed by atoms with Crippen LogP contribution in [0.1, 0.15) is 26.7 Å². The zero-order valence-electron chi connectivity index (χ0n) is 8.06. The van der Waals surface area contributed by atoms with Gasteiger partial charge in [-0.15, -0.1) is 0 Å². The summed E-state index contributed by atoms with van der Waals surface area (Å²) in [6.07, 6.45) is -4.52. The molecule has 0 aromatic rings. The molecule has 5 heteroatoms. The van der Waals surface area contributed by atoms with Crippen molar-refractivity contribution in [1.29, 1.82) is 0 Å². The molecule has 1 N–H and O–H groups in total. The molecule has 0 heterocycles. The standard InChI is InChI=1S/C9H13F3O2/c1-5(2)3-8(7(13)14)4-6(8)9(10,11)12/h5-6H,3-4H2,1-2H3,(H,13,14). The number of rotatable bonds is 3. The highest BCUT2D eigenvalue weighted by Gasteiger charge is 2.70. The van der Waals surface area contributed by atoms with Gasteiger partial charge in [-0.1, -0.05) is 13.8 Å². The van der Waals surface area contributed by atoms with Crippen LogP contribution in [0.4, 0.5) is 13.2 Å². The number of alkyl halides is 3. The van der Waals surface area contributed by atoms with E-state index < -0.39 is 23.5 Å². The number of carboxylic acids is 1. The Labute approximate surface area is 80.1 Å². The van der Waals surface area contributed by atoms with Gasteiger partial charge in [0.15, 0.2) is 0 Å². The van der Waals surface area contributed by atoms with Crippen molar-refractivity contribution in [3.05, 3.63) is 0 Å². The molecule has 1 aliphatic carbocycles. The summed E-state index contributed by atoms with van der Waals surface area (Å²) in [6, 6.07) is 0.